The van der Waals surface area contributed by atoms with E-state index in [0.29, 0.717) is 13.0 Å². The van der Waals surface area contributed by atoms with E-state index in [-0.39, 0.29) is 19.1 Å². The Morgan fingerprint density at radius 1 is 1.38 bits per heavy atom. The molecule has 1 aromatic carbocycles. The van der Waals surface area contributed by atoms with Crippen LogP contribution in [0.5, 0.6) is 0 Å². The van der Waals surface area contributed by atoms with E-state index in [1.54, 1.807) is 23.1 Å². The van der Waals surface area contributed by atoms with E-state index in [0.717, 1.165) is 11.1 Å². The molecule has 0 unspecified atom stereocenters. The number of hydrogen-bond donors (Lipinski definition) is 2. The molecule has 5 heteroatoms. The van der Waals surface area contributed by atoms with Gasteiger partial charge in [-0.2, -0.15) is 5.10 Å². The quantitative estimate of drug-likeness (QED) is 0.802. The Labute approximate surface area is 123 Å². The van der Waals surface area contributed by atoms with Crippen molar-refractivity contribution in [1.82, 2.24) is 15.1 Å². The number of benzene rings is 1. The molecule has 0 aliphatic heterocycles. The van der Waals surface area contributed by atoms with Crippen LogP contribution < -0.4 is 5.32 Å². The van der Waals surface area contributed by atoms with Gasteiger partial charge in [0.15, 0.2) is 0 Å². The van der Waals surface area contributed by atoms with Crippen LogP contribution in [0, 0.1) is 11.8 Å². The Balaban J connectivity index is 1.87. The Kier molecular flexibility index (Phi) is 5.56. The maximum Gasteiger partial charge on any atom is 0.241 e. The summed E-state index contributed by atoms with van der Waals surface area (Å²) in [6.07, 6.45) is 3.85. The molecular weight excluding hydrogens is 266 g/mol. The monoisotopic (exact) mass is 283 g/mol. The summed E-state index contributed by atoms with van der Waals surface area (Å²) in [7, 11) is 0. The SMILES string of the molecule is O=C(Cn1cccn1)NCc1cccc(C#CCCO)c1. The predicted molar refractivity (Wildman–Crippen MR) is 79.1 cm³/mol. The number of nitrogens with zero attached hydrogens (tertiary/aromatic N) is 2. The van der Waals surface area contributed by atoms with Crippen molar-refractivity contribution >= 4 is 5.91 Å². The molecule has 21 heavy (non-hydrogen) atoms. The molecule has 2 N–H and O–H groups in total. The van der Waals surface area contributed by atoms with Crippen LogP contribution in [0.4, 0.5) is 0 Å². The number of carbonyl (C=O) groups excluding carboxylic acids is 1. The van der Waals surface area contributed by atoms with Crippen molar-refractivity contribution < 1.29 is 9.90 Å². The highest BCUT2D eigenvalue weighted by molar-refractivity contribution is 5.75. The number of aromatic nitrogens is 2. The van der Waals surface area contributed by atoms with Gasteiger partial charge in [-0.15, -0.1) is 0 Å². The van der Waals surface area contributed by atoms with E-state index >= 15 is 0 Å². The lowest BCUT2D eigenvalue weighted by Gasteiger charge is -2.06. The lowest BCUT2D eigenvalue weighted by atomic mass is 10.1. The molecule has 2 rings (SSSR count). The van der Waals surface area contributed by atoms with Gasteiger partial charge in [0.2, 0.25) is 5.91 Å². The number of amides is 1. The van der Waals surface area contributed by atoms with Crippen molar-refractivity contribution in [3.05, 3.63) is 53.9 Å². The van der Waals surface area contributed by atoms with Crippen molar-refractivity contribution in [2.75, 3.05) is 6.61 Å². The van der Waals surface area contributed by atoms with Gasteiger partial charge in [-0.25, -0.2) is 0 Å². The number of hydrogen-bond acceptors (Lipinski definition) is 3. The van der Waals surface area contributed by atoms with E-state index in [1.807, 2.05) is 24.3 Å². The van der Waals surface area contributed by atoms with Gasteiger partial charge in [0.05, 0.1) is 6.61 Å². The minimum absolute atomic E-state index is 0.0657. The first kappa shape index (κ1) is 14.8. The van der Waals surface area contributed by atoms with Crippen LogP contribution in [0.3, 0.4) is 0 Å². The summed E-state index contributed by atoms with van der Waals surface area (Å²) < 4.78 is 1.58. The molecule has 108 valence electrons. The largest absolute Gasteiger partial charge is 0.395 e. The van der Waals surface area contributed by atoms with Crippen LogP contribution in [0.1, 0.15) is 17.5 Å². The molecule has 0 aliphatic rings. The maximum absolute atomic E-state index is 11.8. The molecule has 0 saturated heterocycles. The van der Waals surface area contributed by atoms with Crippen LogP contribution in [-0.2, 0) is 17.9 Å². The Morgan fingerprint density at radius 2 is 2.29 bits per heavy atom. The Morgan fingerprint density at radius 3 is 3.05 bits per heavy atom. The zero-order valence-electron chi connectivity index (χ0n) is 11.6. The molecular formula is C16H17N3O2. The second kappa shape index (κ2) is 7.88. The highest BCUT2D eigenvalue weighted by Gasteiger charge is 2.02. The molecule has 1 heterocycles. The summed E-state index contributed by atoms with van der Waals surface area (Å²) in [5, 5.41) is 15.5. The minimum Gasteiger partial charge on any atom is -0.395 e. The fraction of sp³-hybridized carbons (Fsp3) is 0.250. The third-order valence-electron chi connectivity index (χ3n) is 2.75. The highest BCUT2D eigenvalue weighted by Crippen LogP contribution is 2.04. The van der Waals surface area contributed by atoms with Crippen LogP contribution >= 0.6 is 0 Å². The number of nitrogens with one attached hydrogen (secondary N) is 1. The lowest BCUT2D eigenvalue weighted by Crippen LogP contribution is -2.27. The van der Waals surface area contributed by atoms with Crippen LogP contribution in [-0.4, -0.2) is 27.4 Å². The van der Waals surface area contributed by atoms with Crippen LogP contribution in [0.2, 0.25) is 0 Å². The van der Waals surface area contributed by atoms with Crippen LogP contribution in [0.15, 0.2) is 42.7 Å². The van der Waals surface area contributed by atoms with Crippen molar-refractivity contribution in [3.63, 3.8) is 0 Å². The van der Waals surface area contributed by atoms with Gasteiger partial charge >= 0.3 is 0 Å². The second-order valence-electron chi connectivity index (χ2n) is 4.46. The second-order valence-corrected chi connectivity index (χ2v) is 4.46. The van der Waals surface area contributed by atoms with Gasteiger partial charge in [-0.05, 0) is 23.8 Å². The number of aliphatic hydroxyl groups is 1. The molecule has 5 nitrogen and oxygen atoms in total. The molecule has 0 saturated carbocycles. The molecule has 0 atom stereocenters. The number of aliphatic hydroxyl groups excluding tert-OH is 1. The third-order valence-corrected chi connectivity index (χ3v) is 2.75. The average Bonchev–Trinajstić information content (AvgIpc) is 2.99. The molecule has 2 aromatic rings. The maximum atomic E-state index is 11.8. The summed E-state index contributed by atoms with van der Waals surface area (Å²) >= 11 is 0. The normalized spacial score (nSPS) is 9.76. The average molecular weight is 283 g/mol. The van der Waals surface area contributed by atoms with E-state index in [4.69, 9.17) is 5.11 Å². The molecule has 1 aromatic heterocycles. The van der Waals surface area contributed by atoms with Crippen molar-refractivity contribution in [2.24, 2.45) is 0 Å². The van der Waals surface area contributed by atoms with Gasteiger partial charge in [-0.3, -0.25) is 9.48 Å². The van der Waals surface area contributed by atoms with E-state index in [2.05, 4.69) is 22.3 Å². The van der Waals surface area contributed by atoms with E-state index < -0.39 is 0 Å². The number of rotatable bonds is 5. The summed E-state index contributed by atoms with van der Waals surface area (Å²) in [6, 6.07) is 9.45. The molecule has 0 radical (unpaired) electrons. The molecule has 0 spiro atoms. The minimum atomic E-state index is -0.0875. The smallest absolute Gasteiger partial charge is 0.241 e. The zero-order valence-corrected chi connectivity index (χ0v) is 11.6. The lowest BCUT2D eigenvalue weighted by molar-refractivity contribution is -0.122. The first-order chi connectivity index (χ1) is 10.3. The van der Waals surface area contributed by atoms with E-state index in [1.165, 1.54) is 0 Å². The van der Waals surface area contributed by atoms with Gasteiger partial charge in [0.25, 0.3) is 0 Å². The zero-order chi connectivity index (χ0) is 14.9. The molecule has 0 bridgehead atoms. The summed E-state index contributed by atoms with van der Waals surface area (Å²) in [6.45, 7) is 0.731. The fourth-order valence-electron chi connectivity index (χ4n) is 1.78. The van der Waals surface area contributed by atoms with Crippen molar-refractivity contribution in [1.29, 1.82) is 0 Å². The third kappa shape index (κ3) is 5.13. The number of carbonyl (C=O) groups is 1. The molecule has 0 aliphatic carbocycles. The first-order valence-electron chi connectivity index (χ1n) is 6.71. The van der Waals surface area contributed by atoms with E-state index in [9.17, 15) is 4.79 Å². The molecule has 1 amide bonds. The fourth-order valence-corrected chi connectivity index (χ4v) is 1.78. The van der Waals surface area contributed by atoms with Gasteiger partial charge in [-0.1, -0.05) is 24.0 Å². The first-order valence-corrected chi connectivity index (χ1v) is 6.71. The topological polar surface area (TPSA) is 67.2 Å². The predicted octanol–water partition coefficient (Wildman–Crippen LogP) is 0.933. The van der Waals surface area contributed by atoms with Gasteiger partial charge < -0.3 is 10.4 Å². The summed E-state index contributed by atoms with van der Waals surface area (Å²) in [5.74, 6) is 5.76. The Bertz CT molecular complexity index is 639. The highest BCUT2D eigenvalue weighted by atomic mass is 16.2. The standard InChI is InChI=1S/C16H17N3O2/c20-10-2-1-5-14-6-3-7-15(11-14)12-17-16(21)13-19-9-4-8-18-19/h3-4,6-9,11,20H,2,10,12-13H2,(H,17,21). The van der Waals surface area contributed by atoms with Gasteiger partial charge in [0, 0.05) is 30.9 Å². The summed E-state index contributed by atoms with van der Waals surface area (Å²) in [5.41, 5.74) is 1.86. The Hall–Kier alpha value is -2.58. The molecule has 0 fully saturated rings. The van der Waals surface area contributed by atoms with Gasteiger partial charge in [0.1, 0.15) is 6.54 Å². The van der Waals surface area contributed by atoms with Crippen LogP contribution in [0.25, 0.3) is 0 Å². The summed E-state index contributed by atoms with van der Waals surface area (Å²) in [4.78, 5) is 11.8. The van der Waals surface area contributed by atoms with Crippen molar-refractivity contribution in [2.45, 2.75) is 19.5 Å². The van der Waals surface area contributed by atoms with Crippen molar-refractivity contribution in [3.8, 4) is 11.8 Å².